The van der Waals surface area contributed by atoms with E-state index in [2.05, 4.69) is 5.32 Å². The molecule has 21 heavy (non-hydrogen) atoms. The number of ether oxygens (including phenoxy) is 1. The smallest absolute Gasteiger partial charge is 0.326 e. The third-order valence-electron chi connectivity index (χ3n) is 3.93. The zero-order chi connectivity index (χ0) is 16.0. The number of nitrogens with one attached hydrogen (secondary N) is 1. The van der Waals surface area contributed by atoms with Crippen LogP contribution >= 0.6 is 0 Å². The van der Waals surface area contributed by atoms with Crippen molar-refractivity contribution in [1.82, 2.24) is 10.2 Å². The Hall–Kier alpha value is -1.63. The van der Waals surface area contributed by atoms with E-state index >= 15 is 0 Å². The van der Waals surface area contributed by atoms with Crippen LogP contribution < -0.4 is 5.32 Å². The van der Waals surface area contributed by atoms with Crippen LogP contribution in [0.4, 0.5) is 0 Å². The van der Waals surface area contributed by atoms with E-state index in [4.69, 9.17) is 4.74 Å². The summed E-state index contributed by atoms with van der Waals surface area (Å²) < 4.78 is 4.92. The van der Waals surface area contributed by atoms with Gasteiger partial charge in [-0.05, 0) is 5.92 Å². The normalized spacial score (nSPS) is 21.2. The zero-order valence-electron chi connectivity index (χ0n) is 12.8. The highest BCUT2D eigenvalue weighted by atomic mass is 16.5. The van der Waals surface area contributed by atoms with Gasteiger partial charge in [0.2, 0.25) is 11.8 Å². The monoisotopic (exact) mass is 300 g/mol. The summed E-state index contributed by atoms with van der Waals surface area (Å²) in [4.78, 5) is 36.7. The molecule has 0 saturated carbocycles. The lowest BCUT2D eigenvalue weighted by molar-refractivity contribution is -0.143. The van der Waals surface area contributed by atoms with Crippen molar-refractivity contribution in [3.05, 3.63) is 0 Å². The third-order valence-corrected chi connectivity index (χ3v) is 3.93. The molecule has 2 amide bonds. The van der Waals surface area contributed by atoms with Crippen LogP contribution in [0.5, 0.6) is 0 Å². The first-order valence-electron chi connectivity index (χ1n) is 7.20. The number of nitrogens with zero attached hydrogens (tertiary/aromatic N) is 1. The molecule has 0 aromatic carbocycles. The van der Waals surface area contributed by atoms with E-state index in [1.54, 1.807) is 18.9 Å². The lowest BCUT2D eigenvalue weighted by atomic mass is 9.98. The molecule has 0 bridgehead atoms. The van der Waals surface area contributed by atoms with Crippen molar-refractivity contribution in [1.29, 1.82) is 0 Å². The molecule has 0 aromatic rings. The summed E-state index contributed by atoms with van der Waals surface area (Å²) in [5, 5.41) is 11.7. The molecule has 7 heteroatoms. The summed E-state index contributed by atoms with van der Waals surface area (Å²) in [5.41, 5.74) is 0. The molecule has 3 unspecified atom stereocenters. The number of carbonyl (C=O) groups is 3. The van der Waals surface area contributed by atoms with Crippen molar-refractivity contribution in [3.8, 4) is 0 Å². The summed E-state index contributed by atoms with van der Waals surface area (Å²) >= 11 is 0. The first-order valence-corrected chi connectivity index (χ1v) is 7.20. The predicted molar refractivity (Wildman–Crippen MR) is 75.6 cm³/mol. The average molecular weight is 300 g/mol. The molecule has 1 fully saturated rings. The van der Waals surface area contributed by atoms with E-state index in [9.17, 15) is 19.5 Å². The minimum Gasteiger partial charge on any atom is -0.480 e. The molecular weight excluding hydrogens is 276 g/mol. The van der Waals surface area contributed by atoms with Crippen LogP contribution in [0.25, 0.3) is 0 Å². The van der Waals surface area contributed by atoms with Gasteiger partial charge in [-0.2, -0.15) is 0 Å². The topological polar surface area (TPSA) is 95.9 Å². The molecule has 2 N–H and O–H groups in total. The molecule has 0 radical (unpaired) electrons. The number of hydrogen-bond acceptors (Lipinski definition) is 4. The standard InChI is InChI=1S/C14H24N2O5/c1-4-9(2)12(14(19)20)15-13(18)10-7-11(17)16(8-10)5-6-21-3/h9-10,12H,4-8H2,1-3H3,(H,15,18)(H,19,20). The summed E-state index contributed by atoms with van der Waals surface area (Å²) in [5.74, 6) is -2.15. The van der Waals surface area contributed by atoms with E-state index in [1.165, 1.54) is 0 Å². The molecule has 1 saturated heterocycles. The Kier molecular flexibility index (Phi) is 6.61. The van der Waals surface area contributed by atoms with Crippen LogP contribution in [0.3, 0.4) is 0 Å². The van der Waals surface area contributed by atoms with E-state index in [0.717, 1.165) is 0 Å². The molecule has 0 aromatic heterocycles. The van der Waals surface area contributed by atoms with Crippen LogP contribution in [0.1, 0.15) is 26.7 Å². The Morgan fingerprint density at radius 1 is 1.52 bits per heavy atom. The highest BCUT2D eigenvalue weighted by Gasteiger charge is 2.36. The van der Waals surface area contributed by atoms with Gasteiger partial charge in [-0.3, -0.25) is 9.59 Å². The number of carbonyl (C=O) groups excluding carboxylic acids is 2. The number of aliphatic carboxylic acids is 1. The lowest BCUT2D eigenvalue weighted by Crippen LogP contribution is -2.47. The van der Waals surface area contributed by atoms with Gasteiger partial charge in [0.05, 0.1) is 12.5 Å². The summed E-state index contributed by atoms with van der Waals surface area (Å²) in [6.07, 6.45) is 0.781. The van der Waals surface area contributed by atoms with Gasteiger partial charge in [0.15, 0.2) is 0 Å². The van der Waals surface area contributed by atoms with Crippen molar-refractivity contribution in [2.45, 2.75) is 32.7 Å². The van der Waals surface area contributed by atoms with Crippen molar-refractivity contribution in [3.63, 3.8) is 0 Å². The number of methoxy groups -OCH3 is 1. The van der Waals surface area contributed by atoms with Crippen LogP contribution in [-0.2, 0) is 19.1 Å². The molecule has 3 atom stereocenters. The van der Waals surface area contributed by atoms with Crippen LogP contribution in [0.15, 0.2) is 0 Å². The molecule has 120 valence electrons. The highest BCUT2D eigenvalue weighted by Crippen LogP contribution is 2.18. The maximum Gasteiger partial charge on any atom is 0.326 e. The first-order chi connectivity index (χ1) is 9.90. The molecule has 1 heterocycles. The van der Waals surface area contributed by atoms with Crippen LogP contribution in [0, 0.1) is 11.8 Å². The van der Waals surface area contributed by atoms with Crippen molar-refractivity contribution >= 4 is 17.8 Å². The minimum absolute atomic E-state index is 0.0948. The maximum atomic E-state index is 12.2. The van der Waals surface area contributed by atoms with Gasteiger partial charge in [0.1, 0.15) is 6.04 Å². The molecule has 1 aliphatic rings. The van der Waals surface area contributed by atoms with Crippen LogP contribution in [-0.4, -0.2) is 60.6 Å². The van der Waals surface area contributed by atoms with Crippen molar-refractivity contribution in [2.24, 2.45) is 11.8 Å². The maximum absolute atomic E-state index is 12.2. The summed E-state index contributed by atoms with van der Waals surface area (Å²) in [6, 6.07) is -0.911. The number of amides is 2. The minimum atomic E-state index is -1.04. The van der Waals surface area contributed by atoms with E-state index < -0.39 is 17.9 Å². The number of carboxylic acids is 1. The van der Waals surface area contributed by atoms with E-state index in [-0.39, 0.29) is 24.2 Å². The van der Waals surface area contributed by atoms with Gasteiger partial charge >= 0.3 is 5.97 Å². The Morgan fingerprint density at radius 2 is 2.19 bits per heavy atom. The van der Waals surface area contributed by atoms with Crippen molar-refractivity contribution < 1.29 is 24.2 Å². The second-order valence-electron chi connectivity index (χ2n) is 5.44. The fraction of sp³-hybridized carbons (Fsp3) is 0.786. The number of rotatable bonds is 8. The Balaban J connectivity index is 2.59. The average Bonchev–Trinajstić information content (AvgIpc) is 2.82. The van der Waals surface area contributed by atoms with E-state index in [1.807, 2.05) is 6.92 Å². The predicted octanol–water partition coefficient (Wildman–Crippen LogP) is 0.0968. The van der Waals surface area contributed by atoms with Crippen molar-refractivity contribution in [2.75, 3.05) is 26.8 Å². The Labute approximate surface area is 124 Å². The van der Waals surface area contributed by atoms with Gasteiger partial charge in [-0.1, -0.05) is 20.3 Å². The second kappa shape index (κ2) is 7.97. The van der Waals surface area contributed by atoms with Gasteiger partial charge in [0.25, 0.3) is 0 Å². The quantitative estimate of drug-likeness (QED) is 0.662. The largest absolute Gasteiger partial charge is 0.480 e. The van der Waals surface area contributed by atoms with Gasteiger partial charge in [0, 0.05) is 26.6 Å². The molecule has 1 aliphatic heterocycles. The number of likely N-dealkylation sites (tertiary alicyclic amines) is 1. The number of carboxylic acid groups (broad SMARTS) is 1. The summed E-state index contributed by atoms with van der Waals surface area (Å²) in [6.45, 7) is 4.85. The molecule has 1 rings (SSSR count). The Bertz CT molecular complexity index is 399. The highest BCUT2D eigenvalue weighted by molar-refractivity contribution is 5.91. The lowest BCUT2D eigenvalue weighted by Gasteiger charge is -2.22. The van der Waals surface area contributed by atoms with Gasteiger partial charge in [-0.25, -0.2) is 4.79 Å². The zero-order valence-corrected chi connectivity index (χ0v) is 12.8. The van der Waals surface area contributed by atoms with Crippen LogP contribution in [0.2, 0.25) is 0 Å². The SMILES string of the molecule is CCC(C)C(NC(=O)C1CC(=O)N(CCOC)C1)C(=O)O. The fourth-order valence-corrected chi connectivity index (χ4v) is 2.32. The Morgan fingerprint density at radius 3 is 2.71 bits per heavy atom. The van der Waals surface area contributed by atoms with Gasteiger partial charge < -0.3 is 20.1 Å². The summed E-state index contributed by atoms with van der Waals surface area (Å²) in [7, 11) is 1.55. The second-order valence-corrected chi connectivity index (χ2v) is 5.44. The van der Waals surface area contributed by atoms with E-state index in [0.29, 0.717) is 26.1 Å². The first kappa shape index (κ1) is 17.4. The number of hydrogen-bond donors (Lipinski definition) is 2. The van der Waals surface area contributed by atoms with Gasteiger partial charge in [-0.15, -0.1) is 0 Å². The molecule has 0 spiro atoms. The molecular formula is C14H24N2O5. The molecule has 7 nitrogen and oxygen atoms in total. The third kappa shape index (κ3) is 4.70. The molecule has 0 aliphatic carbocycles. The fourth-order valence-electron chi connectivity index (χ4n) is 2.32.